The Balaban J connectivity index is 2.16. The number of nitrogens with zero attached hydrogens (tertiary/aromatic N) is 1. The number of rotatable bonds is 5. The number of halogens is 1. The van der Waals surface area contributed by atoms with Crippen LogP contribution in [0.2, 0.25) is 0 Å². The van der Waals surface area contributed by atoms with Crippen molar-refractivity contribution in [1.29, 1.82) is 0 Å². The molecule has 21 heavy (non-hydrogen) atoms. The third-order valence-corrected chi connectivity index (χ3v) is 4.58. The summed E-state index contributed by atoms with van der Waals surface area (Å²) in [6, 6.07) is 6.18. The molecule has 0 radical (unpaired) electrons. The summed E-state index contributed by atoms with van der Waals surface area (Å²) in [5.74, 6) is 0.647. The molecule has 1 aromatic carbocycles. The second-order valence-corrected chi connectivity index (χ2v) is 6.85. The van der Waals surface area contributed by atoms with E-state index in [1.807, 2.05) is 6.07 Å². The zero-order chi connectivity index (χ0) is 15.4. The van der Waals surface area contributed by atoms with Crippen LogP contribution in [0.4, 0.5) is 10.1 Å². The molecule has 2 rings (SSSR count). The van der Waals surface area contributed by atoms with Crippen LogP contribution in [-0.2, 0) is 6.54 Å². The minimum absolute atomic E-state index is 0.148. The van der Waals surface area contributed by atoms with Gasteiger partial charge in [-0.25, -0.2) is 4.39 Å². The Morgan fingerprint density at radius 3 is 2.76 bits per heavy atom. The van der Waals surface area contributed by atoms with Crippen LogP contribution < -0.4 is 10.2 Å². The Kier molecular flexibility index (Phi) is 5.63. The SMILES string of the molecule is CC1CCCC(N(C)c2ccc(F)cc2CNC(C)C)C1. The van der Waals surface area contributed by atoms with Crippen molar-refractivity contribution in [3.63, 3.8) is 0 Å². The Hall–Kier alpha value is -1.09. The van der Waals surface area contributed by atoms with E-state index in [9.17, 15) is 4.39 Å². The molecule has 0 saturated heterocycles. The molecule has 1 saturated carbocycles. The average Bonchev–Trinajstić information content (AvgIpc) is 2.44. The van der Waals surface area contributed by atoms with Gasteiger partial charge >= 0.3 is 0 Å². The molecular formula is C18H29FN2. The molecule has 1 aliphatic rings. The van der Waals surface area contributed by atoms with Crippen molar-refractivity contribution in [3.05, 3.63) is 29.6 Å². The van der Waals surface area contributed by atoms with E-state index >= 15 is 0 Å². The van der Waals surface area contributed by atoms with Gasteiger partial charge in [-0.3, -0.25) is 0 Å². The first-order valence-electron chi connectivity index (χ1n) is 8.22. The van der Waals surface area contributed by atoms with Gasteiger partial charge in [0.2, 0.25) is 0 Å². The predicted molar refractivity (Wildman–Crippen MR) is 88.2 cm³/mol. The Morgan fingerprint density at radius 1 is 1.33 bits per heavy atom. The van der Waals surface area contributed by atoms with E-state index in [0.717, 1.165) is 18.0 Å². The summed E-state index contributed by atoms with van der Waals surface area (Å²) in [5.41, 5.74) is 2.23. The maximum absolute atomic E-state index is 13.6. The van der Waals surface area contributed by atoms with Crippen molar-refractivity contribution >= 4 is 5.69 Å². The molecule has 2 unspecified atom stereocenters. The molecule has 1 aromatic rings. The summed E-state index contributed by atoms with van der Waals surface area (Å²) >= 11 is 0. The van der Waals surface area contributed by atoms with Crippen molar-refractivity contribution in [2.24, 2.45) is 5.92 Å². The van der Waals surface area contributed by atoms with Gasteiger partial charge in [0.15, 0.2) is 0 Å². The molecule has 1 aliphatic carbocycles. The summed E-state index contributed by atoms with van der Waals surface area (Å²) < 4.78 is 13.6. The lowest BCUT2D eigenvalue weighted by atomic mass is 9.86. The molecule has 2 nitrogen and oxygen atoms in total. The van der Waals surface area contributed by atoms with E-state index in [4.69, 9.17) is 0 Å². The van der Waals surface area contributed by atoms with Crippen LogP contribution in [0.15, 0.2) is 18.2 Å². The van der Waals surface area contributed by atoms with Crippen LogP contribution in [0, 0.1) is 11.7 Å². The number of benzene rings is 1. The molecule has 0 bridgehead atoms. The van der Waals surface area contributed by atoms with E-state index in [0.29, 0.717) is 12.1 Å². The lowest BCUT2D eigenvalue weighted by molar-refractivity contribution is 0.336. The van der Waals surface area contributed by atoms with Gasteiger partial charge < -0.3 is 10.2 Å². The molecule has 1 fully saturated rings. The molecule has 2 atom stereocenters. The van der Waals surface area contributed by atoms with Crippen molar-refractivity contribution < 1.29 is 4.39 Å². The second kappa shape index (κ2) is 7.26. The maximum Gasteiger partial charge on any atom is 0.123 e. The van der Waals surface area contributed by atoms with Crippen LogP contribution in [0.25, 0.3) is 0 Å². The Morgan fingerprint density at radius 2 is 2.10 bits per heavy atom. The quantitative estimate of drug-likeness (QED) is 0.868. The van der Waals surface area contributed by atoms with E-state index in [2.05, 4.69) is 38.0 Å². The van der Waals surface area contributed by atoms with Gasteiger partial charge in [0.1, 0.15) is 5.82 Å². The van der Waals surface area contributed by atoms with Crippen molar-refractivity contribution in [1.82, 2.24) is 5.32 Å². The van der Waals surface area contributed by atoms with Gasteiger partial charge in [0.25, 0.3) is 0 Å². The van der Waals surface area contributed by atoms with E-state index in [1.165, 1.54) is 31.4 Å². The average molecular weight is 292 g/mol. The first-order chi connectivity index (χ1) is 9.97. The van der Waals surface area contributed by atoms with Gasteiger partial charge in [-0.15, -0.1) is 0 Å². The third-order valence-electron chi connectivity index (χ3n) is 4.58. The minimum atomic E-state index is -0.148. The minimum Gasteiger partial charge on any atom is -0.371 e. The van der Waals surface area contributed by atoms with Gasteiger partial charge in [0, 0.05) is 31.4 Å². The highest BCUT2D eigenvalue weighted by molar-refractivity contribution is 5.54. The fourth-order valence-electron chi connectivity index (χ4n) is 3.30. The largest absolute Gasteiger partial charge is 0.371 e. The topological polar surface area (TPSA) is 15.3 Å². The van der Waals surface area contributed by atoms with Crippen molar-refractivity contribution in [2.75, 3.05) is 11.9 Å². The molecule has 0 aliphatic heterocycles. The number of anilines is 1. The van der Waals surface area contributed by atoms with Crippen molar-refractivity contribution in [2.45, 2.75) is 65.1 Å². The fourth-order valence-corrected chi connectivity index (χ4v) is 3.30. The summed E-state index contributed by atoms with van der Waals surface area (Å²) in [7, 11) is 2.16. The van der Waals surface area contributed by atoms with E-state index in [1.54, 1.807) is 12.1 Å². The summed E-state index contributed by atoms with van der Waals surface area (Å²) in [4.78, 5) is 2.37. The monoisotopic (exact) mass is 292 g/mol. The number of hydrogen-bond acceptors (Lipinski definition) is 2. The summed E-state index contributed by atoms with van der Waals surface area (Å²) in [5, 5.41) is 3.40. The maximum atomic E-state index is 13.6. The fraction of sp³-hybridized carbons (Fsp3) is 0.667. The normalized spacial score (nSPS) is 22.6. The third kappa shape index (κ3) is 4.44. The van der Waals surface area contributed by atoms with Crippen molar-refractivity contribution in [3.8, 4) is 0 Å². The molecule has 118 valence electrons. The molecule has 1 N–H and O–H groups in total. The van der Waals surface area contributed by atoms with Crippen LogP contribution in [0.5, 0.6) is 0 Å². The molecule has 3 heteroatoms. The van der Waals surface area contributed by atoms with Crippen LogP contribution in [0.3, 0.4) is 0 Å². The lowest BCUT2D eigenvalue weighted by Gasteiger charge is -2.36. The van der Waals surface area contributed by atoms with Gasteiger partial charge in [-0.2, -0.15) is 0 Å². The lowest BCUT2D eigenvalue weighted by Crippen LogP contribution is -2.36. The van der Waals surface area contributed by atoms with Gasteiger partial charge in [-0.05, 0) is 42.5 Å². The Bertz CT molecular complexity index is 459. The van der Waals surface area contributed by atoms with Crippen LogP contribution in [0.1, 0.15) is 52.0 Å². The highest BCUT2D eigenvalue weighted by atomic mass is 19.1. The van der Waals surface area contributed by atoms with Gasteiger partial charge in [-0.1, -0.05) is 33.6 Å². The molecule has 0 spiro atoms. The van der Waals surface area contributed by atoms with E-state index < -0.39 is 0 Å². The smallest absolute Gasteiger partial charge is 0.123 e. The summed E-state index contributed by atoms with van der Waals surface area (Å²) in [6.45, 7) is 7.29. The zero-order valence-electron chi connectivity index (χ0n) is 13.8. The zero-order valence-corrected chi connectivity index (χ0v) is 13.8. The number of hydrogen-bond donors (Lipinski definition) is 1. The molecule has 0 aromatic heterocycles. The standard InChI is InChI=1S/C18H29FN2/c1-13(2)20-12-15-11-16(19)8-9-18(15)21(4)17-7-5-6-14(3)10-17/h8-9,11,13-14,17,20H,5-7,10,12H2,1-4H3. The molecule has 0 amide bonds. The Labute approximate surface area is 128 Å². The first kappa shape index (κ1) is 16.3. The number of nitrogens with one attached hydrogen (secondary N) is 1. The van der Waals surface area contributed by atoms with E-state index in [-0.39, 0.29) is 5.82 Å². The molecular weight excluding hydrogens is 263 g/mol. The van der Waals surface area contributed by atoms with Gasteiger partial charge in [0.05, 0.1) is 0 Å². The highest BCUT2D eigenvalue weighted by Crippen LogP contribution is 2.31. The van der Waals surface area contributed by atoms with Crippen LogP contribution in [-0.4, -0.2) is 19.1 Å². The second-order valence-electron chi connectivity index (χ2n) is 6.85. The van der Waals surface area contributed by atoms with Crippen LogP contribution >= 0.6 is 0 Å². The molecule has 0 heterocycles. The first-order valence-corrected chi connectivity index (χ1v) is 8.22. The predicted octanol–water partition coefficient (Wildman–Crippen LogP) is 4.34. The highest BCUT2D eigenvalue weighted by Gasteiger charge is 2.24. The summed E-state index contributed by atoms with van der Waals surface area (Å²) in [6.07, 6.45) is 5.13.